The number of rotatable bonds is 5. The van der Waals surface area contributed by atoms with Crippen molar-refractivity contribution in [3.63, 3.8) is 0 Å². The molecule has 0 aliphatic heterocycles. The van der Waals surface area contributed by atoms with E-state index in [1.807, 2.05) is 68.4 Å². The maximum Gasteiger partial charge on any atom is 0.170 e. The first kappa shape index (κ1) is 17.6. The number of hydrogen-bond donors (Lipinski definition) is 0. The molecule has 0 saturated heterocycles. The zero-order valence-electron chi connectivity index (χ0n) is 14.4. The minimum atomic E-state index is -0.205. The van der Waals surface area contributed by atoms with Crippen molar-refractivity contribution in [3.05, 3.63) is 99.3 Å². The van der Waals surface area contributed by atoms with E-state index in [9.17, 15) is 4.79 Å². The van der Waals surface area contributed by atoms with Gasteiger partial charge in [-0.3, -0.25) is 9.78 Å². The van der Waals surface area contributed by atoms with Gasteiger partial charge in [-0.1, -0.05) is 58.4 Å². The standard InChI is InChI=1S/C22H20BrNO/c1-15-12-19(13-16(2)24-15)22(25)21(18-6-4-3-5-7-18)14-17-8-10-20(23)11-9-17/h3-13,21H,14H2,1-2H3. The second kappa shape index (κ2) is 7.75. The van der Waals surface area contributed by atoms with Crippen molar-refractivity contribution < 1.29 is 4.79 Å². The quantitative estimate of drug-likeness (QED) is 0.522. The van der Waals surface area contributed by atoms with Gasteiger partial charge in [-0.25, -0.2) is 0 Å². The van der Waals surface area contributed by atoms with Crippen molar-refractivity contribution in [2.75, 3.05) is 0 Å². The van der Waals surface area contributed by atoms with E-state index in [1.54, 1.807) is 0 Å². The second-order valence-electron chi connectivity index (χ2n) is 6.30. The summed E-state index contributed by atoms with van der Waals surface area (Å²) in [5, 5.41) is 0. The molecule has 0 aliphatic carbocycles. The zero-order valence-corrected chi connectivity index (χ0v) is 16.0. The highest BCUT2D eigenvalue weighted by atomic mass is 79.9. The molecule has 1 aromatic heterocycles. The van der Waals surface area contributed by atoms with Crippen LogP contribution in [0.1, 0.15) is 38.8 Å². The Hall–Kier alpha value is -2.26. The molecule has 0 bridgehead atoms. The first-order chi connectivity index (χ1) is 12.0. The first-order valence-corrected chi connectivity index (χ1v) is 9.11. The van der Waals surface area contributed by atoms with Crippen LogP contribution in [0.3, 0.4) is 0 Å². The molecular formula is C22H20BrNO. The summed E-state index contributed by atoms with van der Waals surface area (Å²) in [6.07, 6.45) is 0.677. The van der Waals surface area contributed by atoms with E-state index in [0.717, 1.165) is 32.6 Å². The van der Waals surface area contributed by atoms with Gasteiger partial charge in [-0.2, -0.15) is 0 Å². The number of hydrogen-bond acceptors (Lipinski definition) is 2. The molecule has 3 aromatic rings. The largest absolute Gasteiger partial charge is 0.293 e. The van der Waals surface area contributed by atoms with Gasteiger partial charge in [0.05, 0.1) is 5.92 Å². The Morgan fingerprint density at radius 3 is 2.16 bits per heavy atom. The van der Waals surface area contributed by atoms with Crippen molar-refractivity contribution in [2.24, 2.45) is 0 Å². The minimum Gasteiger partial charge on any atom is -0.293 e. The van der Waals surface area contributed by atoms with Gasteiger partial charge in [-0.15, -0.1) is 0 Å². The monoisotopic (exact) mass is 393 g/mol. The summed E-state index contributed by atoms with van der Waals surface area (Å²) in [5.41, 5.74) is 4.67. The molecule has 0 saturated carbocycles. The van der Waals surface area contributed by atoms with E-state index < -0.39 is 0 Å². The lowest BCUT2D eigenvalue weighted by molar-refractivity contribution is 0.0958. The second-order valence-corrected chi connectivity index (χ2v) is 7.21. The van der Waals surface area contributed by atoms with Crippen LogP contribution in [0.5, 0.6) is 0 Å². The molecule has 25 heavy (non-hydrogen) atoms. The molecule has 126 valence electrons. The van der Waals surface area contributed by atoms with Crippen LogP contribution < -0.4 is 0 Å². The van der Waals surface area contributed by atoms with Gasteiger partial charge in [-0.05, 0) is 55.7 Å². The van der Waals surface area contributed by atoms with Gasteiger partial charge >= 0.3 is 0 Å². The normalized spacial score (nSPS) is 12.0. The summed E-state index contributed by atoms with van der Waals surface area (Å²) in [7, 11) is 0. The fourth-order valence-electron chi connectivity index (χ4n) is 3.08. The lowest BCUT2D eigenvalue weighted by Crippen LogP contribution is -2.16. The molecule has 2 nitrogen and oxygen atoms in total. The van der Waals surface area contributed by atoms with Gasteiger partial charge in [0.1, 0.15) is 0 Å². The Morgan fingerprint density at radius 1 is 0.960 bits per heavy atom. The molecule has 0 N–H and O–H groups in total. The highest BCUT2D eigenvalue weighted by Gasteiger charge is 2.23. The number of halogens is 1. The van der Waals surface area contributed by atoms with Gasteiger partial charge in [0, 0.05) is 21.4 Å². The van der Waals surface area contributed by atoms with Crippen LogP contribution in [0.2, 0.25) is 0 Å². The van der Waals surface area contributed by atoms with Crippen LogP contribution >= 0.6 is 15.9 Å². The number of Topliss-reactive ketones (excluding diaryl/α,β-unsaturated/α-hetero) is 1. The summed E-state index contributed by atoms with van der Waals surface area (Å²) < 4.78 is 1.04. The summed E-state index contributed by atoms with van der Waals surface area (Å²) in [6, 6.07) is 21.9. The number of nitrogens with zero attached hydrogens (tertiary/aromatic N) is 1. The topological polar surface area (TPSA) is 30.0 Å². The van der Waals surface area contributed by atoms with E-state index in [4.69, 9.17) is 0 Å². The number of pyridine rings is 1. The Morgan fingerprint density at radius 2 is 1.56 bits per heavy atom. The predicted octanol–water partition coefficient (Wildman–Crippen LogP) is 5.67. The molecule has 3 rings (SSSR count). The number of aryl methyl sites for hydroxylation is 2. The molecule has 0 spiro atoms. The lowest BCUT2D eigenvalue weighted by Gasteiger charge is -2.17. The van der Waals surface area contributed by atoms with Crippen LogP contribution in [0.15, 0.2) is 71.2 Å². The fraction of sp³-hybridized carbons (Fsp3) is 0.182. The van der Waals surface area contributed by atoms with Crippen LogP contribution in [0.4, 0.5) is 0 Å². The smallest absolute Gasteiger partial charge is 0.170 e. The van der Waals surface area contributed by atoms with Crippen LogP contribution in [0, 0.1) is 13.8 Å². The molecule has 2 aromatic carbocycles. The van der Waals surface area contributed by atoms with E-state index in [2.05, 4.69) is 33.0 Å². The van der Waals surface area contributed by atoms with Crippen molar-refractivity contribution in [1.29, 1.82) is 0 Å². The predicted molar refractivity (Wildman–Crippen MR) is 105 cm³/mol. The molecule has 1 atom stereocenters. The Balaban J connectivity index is 1.98. The summed E-state index contributed by atoms with van der Waals surface area (Å²) in [5.74, 6) is -0.0636. The van der Waals surface area contributed by atoms with E-state index in [0.29, 0.717) is 6.42 Å². The number of benzene rings is 2. The average Bonchev–Trinajstić information content (AvgIpc) is 2.60. The molecule has 1 unspecified atom stereocenters. The highest BCUT2D eigenvalue weighted by Crippen LogP contribution is 2.26. The lowest BCUT2D eigenvalue weighted by atomic mass is 9.85. The Bertz CT molecular complexity index is 852. The van der Waals surface area contributed by atoms with Gasteiger partial charge in [0.25, 0.3) is 0 Å². The zero-order chi connectivity index (χ0) is 17.8. The number of carbonyl (C=O) groups excluding carboxylic acids is 1. The highest BCUT2D eigenvalue weighted by molar-refractivity contribution is 9.10. The van der Waals surface area contributed by atoms with Crippen LogP contribution in [-0.2, 0) is 6.42 Å². The van der Waals surface area contributed by atoms with Gasteiger partial charge < -0.3 is 0 Å². The SMILES string of the molecule is Cc1cc(C(=O)C(Cc2ccc(Br)cc2)c2ccccc2)cc(C)n1. The van der Waals surface area contributed by atoms with E-state index in [-0.39, 0.29) is 11.7 Å². The average molecular weight is 394 g/mol. The number of aromatic nitrogens is 1. The van der Waals surface area contributed by atoms with Gasteiger partial charge in [0.2, 0.25) is 0 Å². The van der Waals surface area contributed by atoms with Crippen molar-refractivity contribution in [1.82, 2.24) is 4.98 Å². The molecule has 1 heterocycles. The third-order valence-corrected chi connectivity index (χ3v) is 4.77. The minimum absolute atomic E-state index is 0.141. The maximum absolute atomic E-state index is 13.3. The molecule has 0 amide bonds. The van der Waals surface area contributed by atoms with Crippen molar-refractivity contribution in [2.45, 2.75) is 26.2 Å². The molecule has 0 fully saturated rings. The molecule has 0 aliphatic rings. The summed E-state index contributed by atoms with van der Waals surface area (Å²) in [4.78, 5) is 17.7. The maximum atomic E-state index is 13.3. The summed E-state index contributed by atoms with van der Waals surface area (Å²) in [6.45, 7) is 3.85. The number of carbonyl (C=O) groups is 1. The van der Waals surface area contributed by atoms with Crippen LogP contribution in [-0.4, -0.2) is 10.8 Å². The van der Waals surface area contributed by atoms with Gasteiger partial charge in [0.15, 0.2) is 5.78 Å². The number of ketones is 1. The Labute approximate surface area is 157 Å². The molecule has 3 heteroatoms. The van der Waals surface area contributed by atoms with E-state index >= 15 is 0 Å². The fourth-order valence-corrected chi connectivity index (χ4v) is 3.35. The summed E-state index contributed by atoms with van der Waals surface area (Å²) >= 11 is 3.46. The van der Waals surface area contributed by atoms with Crippen LogP contribution in [0.25, 0.3) is 0 Å². The van der Waals surface area contributed by atoms with Crippen molar-refractivity contribution >= 4 is 21.7 Å². The third-order valence-electron chi connectivity index (χ3n) is 4.24. The van der Waals surface area contributed by atoms with Crippen molar-refractivity contribution in [3.8, 4) is 0 Å². The molecular weight excluding hydrogens is 374 g/mol. The molecule has 0 radical (unpaired) electrons. The van der Waals surface area contributed by atoms with E-state index in [1.165, 1.54) is 0 Å². The first-order valence-electron chi connectivity index (χ1n) is 8.32. The third kappa shape index (κ3) is 4.43. The Kier molecular flexibility index (Phi) is 5.44.